The topological polar surface area (TPSA) is 62.6 Å². The first-order valence-electron chi connectivity index (χ1n) is 9.33. The normalized spacial score (nSPS) is 14.1. The minimum Gasteiger partial charge on any atom is -0.350 e. The molecule has 142 valence electrons. The number of nitrogens with one attached hydrogen (secondary N) is 3. The Morgan fingerprint density at radius 3 is 2.33 bits per heavy atom. The molecular weight excluding hydrogens is 362 g/mol. The third-order valence-electron chi connectivity index (χ3n) is 4.87. The van der Waals surface area contributed by atoms with Crippen LogP contribution in [-0.2, 0) is 17.9 Å². The Morgan fingerprint density at radius 1 is 0.926 bits per heavy atom. The van der Waals surface area contributed by atoms with Gasteiger partial charge in [0.05, 0.1) is 30.2 Å². The van der Waals surface area contributed by atoms with E-state index in [0.717, 1.165) is 12.1 Å². The van der Waals surface area contributed by atoms with Gasteiger partial charge in [0.25, 0.3) is 5.91 Å². The molecule has 1 heterocycles. The molecule has 3 rings (SSSR count). The predicted octanol–water partition coefficient (Wildman–Crippen LogP) is 1.56. The Bertz CT molecular complexity index is 804. The van der Waals surface area contributed by atoms with Crippen LogP contribution in [0.3, 0.4) is 0 Å². The first kappa shape index (κ1) is 19.4. The molecule has 0 atom stereocenters. The lowest BCUT2D eigenvalue weighted by atomic mass is 10.1. The van der Waals surface area contributed by atoms with Crippen molar-refractivity contribution in [3.8, 4) is 0 Å². The molecule has 27 heavy (non-hydrogen) atoms. The third-order valence-corrected chi connectivity index (χ3v) is 5.20. The van der Waals surface area contributed by atoms with E-state index in [0.29, 0.717) is 17.1 Å². The van der Waals surface area contributed by atoms with E-state index in [1.54, 1.807) is 29.2 Å². The molecule has 0 aromatic heterocycles. The zero-order chi connectivity index (χ0) is 19.1. The van der Waals surface area contributed by atoms with Crippen LogP contribution in [0.1, 0.15) is 34.3 Å². The van der Waals surface area contributed by atoms with Gasteiger partial charge in [-0.3, -0.25) is 9.59 Å². The summed E-state index contributed by atoms with van der Waals surface area (Å²) in [4.78, 5) is 25.8. The van der Waals surface area contributed by atoms with Crippen molar-refractivity contribution in [3.63, 3.8) is 0 Å². The van der Waals surface area contributed by atoms with Gasteiger partial charge in [0.15, 0.2) is 0 Å². The maximum absolute atomic E-state index is 12.1. The van der Waals surface area contributed by atoms with Gasteiger partial charge in [0, 0.05) is 24.9 Å². The average molecular weight is 387 g/mol. The van der Waals surface area contributed by atoms with Gasteiger partial charge in [-0.1, -0.05) is 48.0 Å². The first-order chi connectivity index (χ1) is 13.1. The van der Waals surface area contributed by atoms with E-state index >= 15 is 0 Å². The highest BCUT2D eigenvalue weighted by atomic mass is 35.5. The molecule has 1 aliphatic rings. The molecule has 3 N–H and O–H groups in total. The highest BCUT2D eigenvalue weighted by molar-refractivity contribution is 6.33. The molecule has 2 aromatic carbocycles. The van der Waals surface area contributed by atoms with Crippen molar-refractivity contribution in [2.24, 2.45) is 0 Å². The summed E-state index contributed by atoms with van der Waals surface area (Å²) in [5, 5.41) is 5.87. The molecule has 1 aliphatic heterocycles. The molecule has 0 aliphatic carbocycles. The van der Waals surface area contributed by atoms with E-state index in [9.17, 15) is 9.59 Å². The van der Waals surface area contributed by atoms with Crippen LogP contribution < -0.4 is 15.5 Å². The van der Waals surface area contributed by atoms with Crippen LogP contribution in [0.2, 0.25) is 5.02 Å². The monoisotopic (exact) mass is 386 g/mol. The Labute approximate surface area is 164 Å². The number of rotatable bonds is 7. The van der Waals surface area contributed by atoms with E-state index in [1.807, 2.05) is 18.2 Å². The standard InChI is InChI=1S/C21H24ClN3O2/c22-19-10-4-3-9-18(19)21(27)24-14-20(26)23-13-16-7-1-2-8-17(16)15-25-11-5-6-12-25/h1-4,7-10H,5-6,11-15H2,(H,23,26)(H,24,27)/p+1. The number of amides is 2. The van der Waals surface area contributed by atoms with Crippen molar-refractivity contribution in [2.45, 2.75) is 25.9 Å². The van der Waals surface area contributed by atoms with Gasteiger partial charge < -0.3 is 15.5 Å². The Balaban J connectivity index is 1.49. The molecule has 0 unspecified atom stereocenters. The zero-order valence-corrected chi connectivity index (χ0v) is 16.0. The van der Waals surface area contributed by atoms with Crippen LogP contribution in [0.4, 0.5) is 0 Å². The smallest absolute Gasteiger partial charge is 0.253 e. The molecule has 1 saturated heterocycles. The average Bonchev–Trinajstić information content (AvgIpc) is 3.19. The van der Waals surface area contributed by atoms with E-state index in [1.165, 1.54) is 31.5 Å². The molecule has 0 spiro atoms. The third kappa shape index (κ3) is 5.55. The minimum absolute atomic E-state index is 0.0798. The lowest BCUT2D eigenvalue weighted by molar-refractivity contribution is -0.901. The van der Waals surface area contributed by atoms with Crippen LogP contribution in [0.5, 0.6) is 0 Å². The first-order valence-corrected chi connectivity index (χ1v) is 9.71. The SMILES string of the molecule is O=C(CNC(=O)c1ccccc1Cl)NCc1ccccc1C[NH+]1CCCC1. The largest absolute Gasteiger partial charge is 0.350 e. The number of benzene rings is 2. The fourth-order valence-corrected chi connectivity index (χ4v) is 3.60. The van der Waals surface area contributed by atoms with Crippen molar-refractivity contribution in [1.29, 1.82) is 0 Å². The van der Waals surface area contributed by atoms with Crippen molar-refractivity contribution >= 4 is 23.4 Å². The van der Waals surface area contributed by atoms with Crippen molar-refractivity contribution in [2.75, 3.05) is 19.6 Å². The van der Waals surface area contributed by atoms with Crippen molar-refractivity contribution in [1.82, 2.24) is 10.6 Å². The number of carbonyl (C=O) groups excluding carboxylic acids is 2. The van der Waals surface area contributed by atoms with Gasteiger partial charge in [-0.05, 0) is 17.7 Å². The van der Waals surface area contributed by atoms with Crippen LogP contribution in [0.15, 0.2) is 48.5 Å². The maximum atomic E-state index is 12.1. The molecule has 2 amide bonds. The van der Waals surface area contributed by atoms with Gasteiger partial charge in [-0.25, -0.2) is 0 Å². The van der Waals surface area contributed by atoms with Crippen LogP contribution >= 0.6 is 11.6 Å². The highest BCUT2D eigenvalue weighted by Crippen LogP contribution is 2.14. The van der Waals surface area contributed by atoms with Crippen LogP contribution in [-0.4, -0.2) is 31.4 Å². The second kappa shape index (κ2) is 9.53. The summed E-state index contributed by atoms with van der Waals surface area (Å²) in [6.45, 7) is 3.81. The van der Waals surface area contributed by atoms with Crippen LogP contribution in [0, 0.1) is 0 Å². The second-order valence-electron chi connectivity index (χ2n) is 6.84. The summed E-state index contributed by atoms with van der Waals surface area (Å²) in [5.74, 6) is -0.576. The van der Waals surface area contributed by atoms with Gasteiger partial charge in [-0.15, -0.1) is 0 Å². The lowest BCUT2D eigenvalue weighted by Gasteiger charge is -2.15. The number of quaternary nitrogens is 1. The number of hydrogen-bond acceptors (Lipinski definition) is 2. The summed E-state index contributed by atoms with van der Waals surface area (Å²) >= 11 is 6.00. The number of likely N-dealkylation sites (tertiary alicyclic amines) is 1. The number of halogens is 1. The van der Waals surface area contributed by atoms with E-state index in [4.69, 9.17) is 11.6 Å². The van der Waals surface area contributed by atoms with E-state index in [2.05, 4.69) is 16.7 Å². The maximum Gasteiger partial charge on any atom is 0.253 e. The quantitative estimate of drug-likeness (QED) is 0.676. The van der Waals surface area contributed by atoms with Crippen LogP contribution in [0.25, 0.3) is 0 Å². The summed E-state index contributed by atoms with van der Waals surface area (Å²) in [6, 6.07) is 15.0. The molecular formula is C21H25ClN3O2+. The van der Waals surface area contributed by atoms with E-state index in [-0.39, 0.29) is 18.4 Å². The summed E-state index contributed by atoms with van der Waals surface area (Å²) in [7, 11) is 0. The minimum atomic E-state index is -0.353. The van der Waals surface area contributed by atoms with Crippen molar-refractivity contribution < 1.29 is 14.5 Å². The van der Waals surface area contributed by atoms with Gasteiger partial charge in [0.2, 0.25) is 5.91 Å². The zero-order valence-electron chi connectivity index (χ0n) is 15.3. The lowest BCUT2D eigenvalue weighted by Crippen LogP contribution is -3.08. The fraction of sp³-hybridized carbons (Fsp3) is 0.333. The fourth-order valence-electron chi connectivity index (χ4n) is 3.38. The molecule has 2 aromatic rings. The summed E-state index contributed by atoms with van der Waals surface area (Å²) < 4.78 is 0. The van der Waals surface area contributed by atoms with Gasteiger partial charge in [0.1, 0.15) is 6.54 Å². The molecule has 6 heteroatoms. The summed E-state index contributed by atoms with van der Waals surface area (Å²) in [6.07, 6.45) is 2.58. The Hall–Kier alpha value is -2.37. The Kier molecular flexibility index (Phi) is 6.85. The second-order valence-corrected chi connectivity index (χ2v) is 7.25. The molecule has 5 nitrogen and oxygen atoms in total. The summed E-state index contributed by atoms with van der Waals surface area (Å²) in [5.41, 5.74) is 2.77. The van der Waals surface area contributed by atoms with Crippen molar-refractivity contribution in [3.05, 3.63) is 70.2 Å². The molecule has 0 saturated carbocycles. The molecule has 0 bridgehead atoms. The highest BCUT2D eigenvalue weighted by Gasteiger charge is 2.17. The molecule has 1 fully saturated rings. The number of hydrogen-bond donors (Lipinski definition) is 3. The van der Waals surface area contributed by atoms with Gasteiger partial charge in [-0.2, -0.15) is 0 Å². The van der Waals surface area contributed by atoms with Gasteiger partial charge >= 0.3 is 0 Å². The predicted molar refractivity (Wildman–Crippen MR) is 106 cm³/mol. The number of carbonyl (C=O) groups is 2. The van der Waals surface area contributed by atoms with E-state index < -0.39 is 0 Å². The molecule has 0 radical (unpaired) electrons. The Morgan fingerprint density at radius 2 is 1.59 bits per heavy atom.